The van der Waals surface area contributed by atoms with Crippen LogP contribution in [0.5, 0.6) is 0 Å². The van der Waals surface area contributed by atoms with Crippen LogP contribution >= 0.6 is 7.82 Å². The van der Waals surface area contributed by atoms with E-state index in [4.69, 9.17) is 18.5 Å². The molecule has 0 rings (SSSR count). The molecule has 0 aliphatic carbocycles. The van der Waals surface area contributed by atoms with Crippen molar-refractivity contribution in [2.24, 2.45) is 0 Å². The van der Waals surface area contributed by atoms with Gasteiger partial charge in [-0.3, -0.25) is 18.6 Å². The first-order valence-electron chi connectivity index (χ1n) is 21.6. The van der Waals surface area contributed by atoms with E-state index < -0.39 is 32.5 Å². The van der Waals surface area contributed by atoms with E-state index in [0.29, 0.717) is 23.9 Å². The van der Waals surface area contributed by atoms with Crippen LogP contribution in [-0.2, 0) is 32.7 Å². The smallest absolute Gasteiger partial charge is 0.462 e. The van der Waals surface area contributed by atoms with Gasteiger partial charge in [0.05, 0.1) is 27.7 Å². The molecule has 0 radical (unpaired) electrons. The van der Waals surface area contributed by atoms with Gasteiger partial charge >= 0.3 is 19.8 Å². The number of phosphoric ester groups is 1. The van der Waals surface area contributed by atoms with Gasteiger partial charge < -0.3 is 18.9 Å². The topological polar surface area (TPSA) is 108 Å². The number of ether oxygens (including phenoxy) is 2. The van der Waals surface area contributed by atoms with E-state index in [-0.39, 0.29) is 26.1 Å². The first kappa shape index (κ1) is 54.7. The fourth-order valence-electron chi connectivity index (χ4n) is 4.99. The number of allylic oxidation sites excluding steroid dienone is 18. The third kappa shape index (κ3) is 42.3. The Morgan fingerprint density at radius 3 is 1.45 bits per heavy atom. The predicted octanol–water partition coefficient (Wildman–Crippen LogP) is 12.3. The van der Waals surface area contributed by atoms with Crippen molar-refractivity contribution in [2.75, 3.05) is 47.5 Å². The summed E-state index contributed by atoms with van der Waals surface area (Å²) in [5, 5.41) is 0. The highest BCUT2D eigenvalue weighted by Crippen LogP contribution is 2.43. The molecular formula is C48H79NO8P+. The average Bonchev–Trinajstić information content (AvgIpc) is 3.17. The molecule has 1 N–H and O–H groups in total. The predicted molar refractivity (Wildman–Crippen MR) is 242 cm³/mol. The largest absolute Gasteiger partial charge is 0.472 e. The lowest BCUT2D eigenvalue weighted by Crippen LogP contribution is -2.37. The summed E-state index contributed by atoms with van der Waals surface area (Å²) < 4.78 is 34.2. The molecule has 0 aromatic carbocycles. The Labute approximate surface area is 353 Å². The average molecular weight is 829 g/mol. The van der Waals surface area contributed by atoms with Crippen molar-refractivity contribution in [1.29, 1.82) is 0 Å². The zero-order chi connectivity index (χ0) is 42.8. The summed E-state index contributed by atoms with van der Waals surface area (Å²) in [4.78, 5) is 35.3. The number of carbonyl (C=O) groups excluding carboxylic acids is 2. The van der Waals surface area contributed by atoms with E-state index in [1.807, 2.05) is 33.3 Å². The Bertz CT molecular complexity index is 1350. The minimum absolute atomic E-state index is 0.00833. The Hall–Kier alpha value is -3.33. The van der Waals surface area contributed by atoms with Crippen molar-refractivity contribution in [3.63, 3.8) is 0 Å². The number of hydrogen-bond acceptors (Lipinski definition) is 7. The third-order valence-electron chi connectivity index (χ3n) is 8.31. The number of carbonyl (C=O) groups is 2. The summed E-state index contributed by atoms with van der Waals surface area (Å²) in [6.07, 6.45) is 53.0. The number of unbranched alkanes of at least 4 members (excludes halogenated alkanes) is 5. The van der Waals surface area contributed by atoms with Gasteiger partial charge in [0.1, 0.15) is 19.8 Å². The second-order valence-electron chi connectivity index (χ2n) is 15.0. The van der Waals surface area contributed by atoms with Crippen molar-refractivity contribution < 1.29 is 42.1 Å². The van der Waals surface area contributed by atoms with Gasteiger partial charge in [-0.1, -0.05) is 142 Å². The maximum Gasteiger partial charge on any atom is 0.472 e. The molecule has 10 heteroatoms. The number of likely N-dealkylation sites (N-methyl/N-ethyl adjacent to an activating group) is 1. The molecule has 0 spiro atoms. The molecule has 0 aliphatic heterocycles. The molecule has 58 heavy (non-hydrogen) atoms. The lowest BCUT2D eigenvalue weighted by Gasteiger charge is -2.24. The minimum atomic E-state index is -4.41. The molecule has 9 nitrogen and oxygen atoms in total. The highest BCUT2D eigenvalue weighted by atomic mass is 31.2. The second-order valence-corrected chi connectivity index (χ2v) is 16.4. The van der Waals surface area contributed by atoms with Crippen LogP contribution in [0.3, 0.4) is 0 Å². The lowest BCUT2D eigenvalue weighted by atomic mass is 10.1. The fraction of sp³-hybridized carbons (Fsp3) is 0.583. The van der Waals surface area contributed by atoms with Crippen LogP contribution in [0.25, 0.3) is 0 Å². The zero-order valence-corrected chi connectivity index (χ0v) is 37.6. The number of esters is 2. The van der Waals surface area contributed by atoms with Gasteiger partial charge in [0.2, 0.25) is 0 Å². The number of rotatable bonds is 37. The molecule has 0 saturated carbocycles. The van der Waals surface area contributed by atoms with Crippen LogP contribution in [0.4, 0.5) is 0 Å². The van der Waals surface area contributed by atoms with Crippen molar-refractivity contribution in [2.45, 2.75) is 136 Å². The van der Waals surface area contributed by atoms with Gasteiger partial charge in [0, 0.05) is 12.8 Å². The maximum atomic E-state index is 12.7. The summed E-state index contributed by atoms with van der Waals surface area (Å²) >= 11 is 0. The maximum absolute atomic E-state index is 12.7. The highest BCUT2D eigenvalue weighted by Gasteiger charge is 2.27. The van der Waals surface area contributed by atoms with E-state index in [2.05, 4.69) is 111 Å². The lowest BCUT2D eigenvalue weighted by molar-refractivity contribution is -0.870. The third-order valence-corrected chi connectivity index (χ3v) is 9.30. The molecule has 0 bridgehead atoms. The first-order chi connectivity index (χ1) is 28.0. The molecule has 328 valence electrons. The van der Waals surface area contributed by atoms with Gasteiger partial charge in [-0.2, -0.15) is 0 Å². The first-order valence-corrected chi connectivity index (χ1v) is 23.1. The zero-order valence-electron chi connectivity index (χ0n) is 36.7. The number of phosphoric acid groups is 1. The van der Waals surface area contributed by atoms with Crippen molar-refractivity contribution in [3.05, 3.63) is 109 Å². The standard InChI is InChI=1S/C48H78NO8P/c1-6-8-10-12-14-16-18-20-22-23-24-25-27-29-31-33-35-37-39-41-48(51)57-46(45-56-58(52,53)55-43-42-49(3,4)5)44-54-47(50)40-38-36-34-32-30-28-26-21-19-17-15-13-11-9-7-2/h8-11,14-17,20-22,24-26,29,31,35,37,46H,6-7,12-13,18-19,23,27-28,30,32-34,36,38-45H2,1-5H3/p+1/b10-8-,11-9-,16-14-,17-15-,22-20-,25-24-,26-21-,31-29-,37-35-. The van der Waals surface area contributed by atoms with Gasteiger partial charge in [-0.25, -0.2) is 4.57 Å². The molecule has 2 atom stereocenters. The van der Waals surface area contributed by atoms with Gasteiger partial charge in [0.15, 0.2) is 6.10 Å². The molecule has 0 aliphatic rings. The van der Waals surface area contributed by atoms with E-state index in [0.717, 1.165) is 89.9 Å². The van der Waals surface area contributed by atoms with Crippen molar-refractivity contribution in [1.82, 2.24) is 0 Å². The monoisotopic (exact) mass is 829 g/mol. The molecule has 2 unspecified atom stereocenters. The van der Waals surface area contributed by atoms with Crippen LogP contribution in [-0.4, -0.2) is 74.9 Å². The van der Waals surface area contributed by atoms with Crippen LogP contribution in [0.15, 0.2) is 109 Å². The highest BCUT2D eigenvalue weighted by molar-refractivity contribution is 7.47. The van der Waals surface area contributed by atoms with Crippen LogP contribution in [0.1, 0.15) is 129 Å². The van der Waals surface area contributed by atoms with Gasteiger partial charge in [0.25, 0.3) is 0 Å². The van der Waals surface area contributed by atoms with E-state index >= 15 is 0 Å². The van der Waals surface area contributed by atoms with E-state index in [9.17, 15) is 19.0 Å². The second kappa shape index (κ2) is 39.1. The number of nitrogens with zero attached hydrogens (tertiary/aromatic N) is 1. The Morgan fingerprint density at radius 2 is 0.966 bits per heavy atom. The summed E-state index contributed by atoms with van der Waals surface area (Å²) in [6.45, 7) is 4.05. The fourth-order valence-corrected chi connectivity index (χ4v) is 5.73. The summed E-state index contributed by atoms with van der Waals surface area (Å²) in [7, 11) is 1.40. The number of hydrogen-bond donors (Lipinski definition) is 1. The minimum Gasteiger partial charge on any atom is -0.462 e. The normalized spacial score (nSPS) is 14.7. The summed E-state index contributed by atoms with van der Waals surface area (Å²) in [5.74, 6) is -0.930. The van der Waals surface area contributed by atoms with Crippen LogP contribution < -0.4 is 0 Å². The SMILES string of the molecule is CC/C=C\C/C=C\C/C=C\C/C=C\C/C=C\C/C=C\CCC(=O)OC(COC(=O)CCCCCCC/C=C\C/C=C\C/C=C\CC)COP(=O)(O)OCC[N+](C)(C)C. The van der Waals surface area contributed by atoms with Crippen molar-refractivity contribution >= 4 is 19.8 Å². The van der Waals surface area contributed by atoms with Gasteiger partial charge in [-0.05, 0) is 83.5 Å². The number of quaternary nitrogens is 1. The summed E-state index contributed by atoms with van der Waals surface area (Å²) in [5.41, 5.74) is 0. The summed E-state index contributed by atoms with van der Waals surface area (Å²) in [6, 6.07) is 0. The Morgan fingerprint density at radius 1 is 0.534 bits per heavy atom. The quantitative estimate of drug-likeness (QED) is 0.0217. The molecule has 0 heterocycles. The molecule has 0 amide bonds. The molecule has 0 saturated heterocycles. The Balaban J connectivity index is 4.56. The molecule has 0 aromatic rings. The van der Waals surface area contributed by atoms with E-state index in [1.165, 1.54) is 0 Å². The van der Waals surface area contributed by atoms with Crippen molar-refractivity contribution in [3.8, 4) is 0 Å². The van der Waals surface area contributed by atoms with Crippen LogP contribution in [0.2, 0.25) is 0 Å². The molecule has 0 aromatic heterocycles. The van der Waals surface area contributed by atoms with Gasteiger partial charge in [-0.15, -0.1) is 0 Å². The molecule has 0 fully saturated rings. The van der Waals surface area contributed by atoms with Crippen LogP contribution in [0, 0.1) is 0 Å². The Kier molecular flexibility index (Phi) is 36.9. The van der Waals surface area contributed by atoms with E-state index in [1.54, 1.807) is 0 Å². The molecular weight excluding hydrogens is 750 g/mol.